The van der Waals surface area contributed by atoms with E-state index in [1.807, 2.05) is 34.9 Å². The molecule has 0 saturated carbocycles. The highest BCUT2D eigenvalue weighted by molar-refractivity contribution is 6.05. The fourth-order valence-electron chi connectivity index (χ4n) is 4.34. The normalized spacial score (nSPS) is 23.8. The number of hydrogen-bond donors (Lipinski definition) is 1. The molecule has 5 rings (SSSR count). The number of aryl methyl sites for hydroxylation is 1. The van der Waals surface area contributed by atoms with Crippen molar-refractivity contribution < 1.29 is 14.3 Å². The number of hydrogen-bond acceptors (Lipinski definition) is 5. The van der Waals surface area contributed by atoms with Crippen molar-refractivity contribution in [3.63, 3.8) is 0 Å². The first-order chi connectivity index (χ1) is 14.1. The Morgan fingerprint density at radius 2 is 1.93 bits per heavy atom. The van der Waals surface area contributed by atoms with Gasteiger partial charge in [0.1, 0.15) is 6.10 Å². The minimum atomic E-state index is -0.324. The first-order valence-corrected chi connectivity index (χ1v) is 9.90. The van der Waals surface area contributed by atoms with Gasteiger partial charge in [-0.05, 0) is 12.1 Å². The topological polar surface area (TPSA) is 74.5 Å². The number of nitrogens with zero attached hydrogens (tertiary/aromatic N) is 2. The van der Waals surface area contributed by atoms with E-state index in [0.29, 0.717) is 18.8 Å². The van der Waals surface area contributed by atoms with E-state index in [-0.39, 0.29) is 29.7 Å². The molecule has 1 unspecified atom stereocenters. The van der Waals surface area contributed by atoms with Gasteiger partial charge in [0, 0.05) is 55.8 Å². The number of aromatic nitrogens is 2. The number of morpholine rings is 1. The van der Waals surface area contributed by atoms with Gasteiger partial charge >= 0.3 is 5.97 Å². The lowest BCUT2D eigenvalue weighted by molar-refractivity contribution is -0.0339. The molecule has 3 aromatic rings. The Morgan fingerprint density at radius 3 is 2.69 bits per heavy atom. The van der Waals surface area contributed by atoms with E-state index in [9.17, 15) is 9.59 Å². The van der Waals surface area contributed by atoms with Crippen molar-refractivity contribution >= 4 is 16.9 Å². The number of para-hydroxylation sites is 1. The molecule has 7 heteroatoms. The SMILES string of the molecule is Cn1ccc(-n2cc(C(=O)OC3C[C@H]4COC[C@@H](C3)N4)c3ccccc32)cc1=O. The van der Waals surface area contributed by atoms with Crippen LogP contribution in [-0.2, 0) is 16.5 Å². The molecule has 1 aromatic carbocycles. The van der Waals surface area contributed by atoms with E-state index in [0.717, 1.165) is 29.4 Å². The third kappa shape index (κ3) is 3.36. The Labute approximate surface area is 167 Å². The van der Waals surface area contributed by atoms with Crippen molar-refractivity contribution in [3.8, 4) is 5.69 Å². The average Bonchev–Trinajstić information content (AvgIpc) is 3.10. The summed E-state index contributed by atoms with van der Waals surface area (Å²) in [7, 11) is 1.71. The predicted molar refractivity (Wildman–Crippen MR) is 108 cm³/mol. The Kier molecular flexibility index (Phi) is 4.49. The number of piperidine rings is 1. The van der Waals surface area contributed by atoms with Crippen LogP contribution < -0.4 is 10.9 Å². The van der Waals surface area contributed by atoms with Crippen LogP contribution in [0.5, 0.6) is 0 Å². The maximum absolute atomic E-state index is 13.1. The van der Waals surface area contributed by atoms with Gasteiger partial charge in [-0.15, -0.1) is 0 Å². The Hall–Kier alpha value is -2.90. The summed E-state index contributed by atoms with van der Waals surface area (Å²) in [6, 6.07) is 11.6. The predicted octanol–water partition coefficient (Wildman–Crippen LogP) is 2.01. The standard InChI is InChI=1S/C22H23N3O4/c1-24-7-6-16(10-21(24)26)25-11-19(18-4-2-3-5-20(18)25)22(27)29-17-8-14-12-28-13-15(9-17)23-14/h2-7,10-11,14-15,17,23H,8-9,12-13H2,1H3/t14-,15+,17?. The Balaban J connectivity index is 1.48. The van der Waals surface area contributed by atoms with Crippen molar-refractivity contribution in [2.45, 2.75) is 31.0 Å². The van der Waals surface area contributed by atoms with Crippen LogP contribution in [0, 0.1) is 0 Å². The molecule has 2 fully saturated rings. The Bertz CT molecular complexity index is 1120. The fourth-order valence-corrected chi connectivity index (χ4v) is 4.34. The summed E-state index contributed by atoms with van der Waals surface area (Å²) in [5.41, 5.74) is 1.99. The lowest BCUT2D eigenvalue weighted by atomic mass is 9.94. The number of fused-ring (bicyclic) bond motifs is 3. The molecule has 2 aliphatic heterocycles. The second-order valence-corrected chi connectivity index (χ2v) is 7.86. The number of carbonyl (C=O) groups excluding carboxylic acids is 1. The molecule has 2 aliphatic rings. The van der Waals surface area contributed by atoms with E-state index in [1.54, 1.807) is 25.5 Å². The number of benzene rings is 1. The number of rotatable bonds is 3. The second kappa shape index (κ2) is 7.17. The summed E-state index contributed by atoms with van der Waals surface area (Å²) in [4.78, 5) is 25.1. The highest BCUT2D eigenvalue weighted by Gasteiger charge is 2.34. The third-order valence-electron chi connectivity index (χ3n) is 5.78. The molecular formula is C22H23N3O4. The van der Waals surface area contributed by atoms with Crippen LogP contribution in [0.1, 0.15) is 23.2 Å². The van der Waals surface area contributed by atoms with E-state index in [2.05, 4.69) is 5.32 Å². The van der Waals surface area contributed by atoms with Gasteiger partial charge in [0.15, 0.2) is 0 Å². The highest BCUT2D eigenvalue weighted by Crippen LogP contribution is 2.27. The minimum absolute atomic E-state index is 0.104. The van der Waals surface area contributed by atoms with Crippen LogP contribution in [0.15, 0.2) is 53.6 Å². The maximum Gasteiger partial charge on any atom is 0.340 e. The zero-order chi connectivity index (χ0) is 20.0. The molecule has 3 atom stereocenters. The largest absolute Gasteiger partial charge is 0.459 e. The zero-order valence-electron chi connectivity index (χ0n) is 16.2. The molecular weight excluding hydrogens is 370 g/mol. The summed E-state index contributed by atoms with van der Waals surface area (Å²) in [6.45, 7) is 1.32. The molecule has 0 aliphatic carbocycles. The average molecular weight is 393 g/mol. The van der Waals surface area contributed by atoms with Crippen molar-refractivity contribution in [3.05, 3.63) is 64.7 Å². The van der Waals surface area contributed by atoms with Crippen LogP contribution in [-0.4, -0.2) is 46.5 Å². The maximum atomic E-state index is 13.1. The zero-order valence-corrected chi connectivity index (χ0v) is 16.2. The van der Waals surface area contributed by atoms with Crippen molar-refractivity contribution in [1.82, 2.24) is 14.5 Å². The molecule has 0 radical (unpaired) electrons. The van der Waals surface area contributed by atoms with Crippen LogP contribution in [0.25, 0.3) is 16.6 Å². The van der Waals surface area contributed by atoms with Gasteiger partial charge in [0.25, 0.3) is 5.56 Å². The summed E-state index contributed by atoms with van der Waals surface area (Å²) < 4.78 is 14.9. The monoisotopic (exact) mass is 393 g/mol. The van der Waals surface area contributed by atoms with E-state index in [1.165, 1.54) is 4.57 Å². The van der Waals surface area contributed by atoms with Crippen LogP contribution in [0.3, 0.4) is 0 Å². The van der Waals surface area contributed by atoms with E-state index >= 15 is 0 Å². The van der Waals surface area contributed by atoms with Gasteiger partial charge in [-0.25, -0.2) is 4.79 Å². The van der Waals surface area contributed by atoms with Gasteiger partial charge in [-0.1, -0.05) is 18.2 Å². The molecule has 0 spiro atoms. The van der Waals surface area contributed by atoms with Crippen molar-refractivity contribution in [2.75, 3.05) is 13.2 Å². The minimum Gasteiger partial charge on any atom is -0.459 e. The number of pyridine rings is 1. The lowest BCUT2D eigenvalue weighted by Gasteiger charge is -2.39. The third-order valence-corrected chi connectivity index (χ3v) is 5.78. The summed E-state index contributed by atoms with van der Waals surface area (Å²) in [5, 5.41) is 4.32. The van der Waals surface area contributed by atoms with Gasteiger partial charge < -0.3 is 23.9 Å². The van der Waals surface area contributed by atoms with Crippen molar-refractivity contribution in [1.29, 1.82) is 0 Å². The van der Waals surface area contributed by atoms with Crippen LogP contribution in [0.2, 0.25) is 0 Å². The molecule has 29 heavy (non-hydrogen) atoms. The number of ether oxygens (including phenoxy) is 2. The van der Waals surface area contributed by atoms with Gasteiger partial charge in [0.2, 0.25) is 0 Å². The van der Waals surface area contributed by atoms with E-state index < -0.39 is 0 Å². The summed E-state index contributed by atoms with van der Waals surface area (Å²) >= 11 is 0. The second-order valence-electron chi connectivity index (χ2n) is 7.86. The lowest BCUT2D eigenvalue weighted by Crippen LogP contribution is -2.56. The fraction of sp³-hybridized carbons (Fsp3) is 0.364. The van der Waals surface area contributed by atoms with Gasteiger partial charge in [0.05, 0.1) is 30.0 Å². The molecule has 7 nitrogen and oxygen atoms in total. The summed E-state index contributed by atoms with van der Waals surface area (Å²) in [6.07, 6.45) is 4.90. The number of nitrogens with one attached hydrogen (secondary N) is 1. The Morgan fingerprint density at radius 1 is 1.17 bits per heavy atom. The smallest absolute Gasteiger partial charge is 0.340 e. The molecule has 4 heterocycles. The van der Waals surface area contributed by atoms with Crippen molar-refractivity contribution in [2.24, 2.45) is 7.05 Å². The van der Waals surface area contributed by atoms with E-state index in [4.69, 9.17) is 9.47 Å². The first kappa shape index (κ1) is 18.1. The molecule has 0 amide bonds. The van der Waals surface area contributed by atoms with Crippen LogP contribution in [0.4, 0.5) is 0 Å². The first-order valence-electron chi connectivity index (χ1n) is 9.90. The highest BCUT2D eigenvalue weighted by atomic mass is 16.5. The molecule has 2 saturated heterocycles. The number of esters is 1. The molecule has 2 bridgehead atoms. The number of carbonyl (C=O) groups is 1. The molecule has 1 N–H and O–H groups in total. The quantitative estimate of drug-likeness (QED) is 0.689. The molecule has 2 aromatic heterocycles. The van der Waals surface area contributed by atoms with Gasteiger partial charge in [-0.2, -0.15) is 0 Å². The van der Waals surface area contributed by atoms with Gasteiger partial charge in [-0.3, -0.25) is 4.79 Å². The molecule has 150 valence electrons. The summed E-state index contributed by atoms with van der Waals surface area (Å²) in [5.74, 6) is -0.324. The van der Waals surface area contributed by atoms with Crippen LogP contribution >= 0.6 is 0 Å².